The van der Waals surface area contributed by atoms with E-state index in [1.807, 2.05) is 12.1 Å². The Hall–Kier alpha value is -2.08. The number of nitrogens with one attached hydrogen (secondary N) is 2. The van der Waals surface area contributed by atoms with Gasteiger partial charge in [-0.2, -0.15) is 0 Å². The molecule has 1 aliphatic rings. The summed E-state index contributed by atoms with van der Waals surface area (Å²) in [5.41, 5.74) is 5.96. The summed E-state index contributed by atoms with van der Waals surface area (Å²) < 4.78 is 5.23. The van der Waals surface area contributed by atoms with Gasteiger partial charge < -0.3 is 21.1 Å². The number of nitrogens with two attached hydrogens (primary N) is 1. The highest BCUT2D eigenvalue weighted by Gasteiger charge is 2.20. The first-order chi connectivity index (χ1) is 10.1. The minimum absolute atomic E-state index is 0.0491. The molecule has 1 fully saturated rings. The molecule has 0 spiro atoms. The first kappa shape index (κ1) is 15.3. The van der Waals surface area contributed by atoms with Gasteiger partial charge in [-0.3, -0.25) is 9.59 Å². The molecule has 0 bridgehead atoms. The maximum Gasteiger partial charge on any atom is 0.255 e. The fraction of sp³-hybridized carbons (Fsp3) is 0.467. The predicted octanol–water partition coefficient (Wildman–Crippen LogP) is 0.166. The number of primary amides is 1. The summed E-state index contributed by atoms with van der Waals surface area (Å²) >= 11 is 0. The monoisotopic (exact) mass is 291 g/mol. The van der Waals surface area contributed by atoms with Crippen LogP contribution in [-0.2, 0) is 16.1 Å². The Kier molecular flexibility index (Phi) is 5.57. The van der Waals surface area contributed by atoms with E-state index < -0.39 is 5.91 Å². The molecule has 0 saturated carbocycles. The highest BCUT2D eigenvalue weighted by Crippen LogP contribution is 2.14. The van der Waals surface area contributed by atoms with Crippen LogP contribution < -0.4 is 21.1 Å². The summed E-state index contributed by atoms with van der Waals surface area (Å²) in [4.78, 5) is 22.7. The van der Waals surface area contributed by atoms with Crippen molar-refractivity contribution >= 4 is 11.8 Å². The van der Waals surface area contributed by atoms with Gasteiger partial charge >= 0.3 is 0 Å². The lowest BCUT2D eigenvalue weighted by atomic mass is 9.99. The Morgan fingerprint density at radius 1 is 1.43 bits per heavy atom. The van der Waals surface area contributed by atoms with Crippen LogP contribution in [0, 0.1) is 5.92 Å². The van der Waals surface area contributed by atoms with Crippen LogP contribution in [0.1, 0.15) is 18.4 Å². The Labute approximate surface area is 124 Å². The van der Waals surface area contributed by atoms with Crippen molar-refractivity contribution in [3.63, 3.8) is 0 Å². The molecule has 6 heteroatoms. The van der Waals surface area contributed by atoms with Crippen LogP contribution in [0.5, 0.6) is 5.75 Å². The van der Waals surface area contributed by atoms with Crippen LogP contribution in [0.3, 0.4) is 0 Å². The number of carbonyl (C=O) groups is 2. The first-order valence-electron chi connectivity index (χ1n) is 7.13. The van der Waals surface area contributed by atoms with Crippen molar-refractivity contribution in [2.24, 2.45) is 11.7 Å². The van der Waals surface area contributed by atoms with Crippen LogP contribution in [0.4, 0.5) is 0 Å². The van der Waals surface area contributed by atoms with Crippen molar-refractivity contribution in [3.8, 4) is 5.75 Å². The Balaban J connectivity index is 1.83. The highest BCUT2D eigenvalue weighted by molar-refractivity contribution is 5.79. The topological polar surface area (TPSA) is 93.5 Å². The van der Waals surface area contributed by atoms with E-state index in [1.165, 1.54) is 0 Å². The van der Waals surface area contributed by atoms with Gasteiger partial charge in [0.1, 0.15) is 5.75 Å². The predicted molar refractivity (Wildman–Crippen MR) is 78.6 cm³/mol. The van der Waals surface area contributed by atoms with Crippen LogP contribution in [0.2, 0.25) is 0 Å². The van der Waals surface area contributed by atoms with E-state index in [1.54, 1.807) is 12.1 Å². The van der Waals surface area contributed by atoms with Crippen LogP contribution in [0.15, 0.2) is 24.3 Å². The lowest BCUT2D eigenvalue weighted by Gasteiger charge is -2.21. The summed E-state index contributed by atoms with van der Waals surface area (Å²) in [6.45, 7) is 2.03. The molecule has 6 nitrogen and oxygen atoms in total. The second-order valence-electron chi connectivity index (χ2n) is 5.16. The second-order valence-corrected chi connectivity index (χ2v) is 5.16. The van der Waals surface area contributed by atoms with E-state index in [4.69, 9.17) is 10.5 Å². The average molecular weight is 291 g/mol. The molecule has 2 rings (SSSR count). The maximum atomic E-state index is 12.0. The van der Waals surface area contributed by atoms with E-state index in [-0.39, 0.29) is 18.4 Å². The molecular formula is C15H21N3O3. The molecule has 0 aliphatic carbocycles. The van der Waals surface area contributed by atoms with Crippen molar-refractivity contribution in [1.29, 1.82) is 0 Å². The summed E-state index contributed by atoms with van der Waals surface area (Å²) in [6, 6.07) is 7.26. The van der Waals surface area contributed by atoms with Crippen molar-refractivity contribution in [3.05, 3.63) is 29.8 Å². The number of ether oxygens (including phenoxy) is 1. The van der Waals surface area contributed by atoms with Gasteiger partial charge in [0.05, 0.1) is 5.92 Å². The van der Waals surface area contributed by atoms with Gasteiger partial charge in [-0.05, 0) is 37.1 Å². The fourth-order valence-corrected chi connectivity index (χ4v) is 2.31. The molecule has 1 aliphatic heterocycles. The van der Waals surface area contributed by atoms with Crippen LogP contribution >= 0.6 is 0 Å². The lowest BCUT2D eigenvalue weighted by molar-refractivity contribution is -0.125. The fourth-order valence-electron chi connectivity index (χ4n) is 2.31. The summed E-state index contributed by atoms with van der Waals surface area (Å²) in [7, 11) is 0. The normalized spacial score (nSPS) is 18.0. The molecule has 1 saturated heterocycles. The maximum absolute atomic E-state index is 12.0. The van der Waals surface area contributed by atoms with E-state index in [0.717, 1.165) is 31.5 Å². The minimum Gasteiger partial charge on any atom is -0.484 e. The summed E-state index contributed by atoms with van der Waals surface area (Å²) in [5.74, 6) is 0.178. The number of amides is 2. The number of hydrogen-bond acceptors (Lipinski definition) is 4. The van der Waals surface area contributed by atoms with Crippen molar-refractivity contribution < 1.29 is 14.3 Å². The Morgan fingerprint density at radius 2 is 2.29 bits per heavy atom. The standard InChI is InChI=1S/C15H21N3O3/c16-14(19)10-21-13-5-1-3-11(7-13)8-18-15(20)12-4-2-6-17-9-12/h1,3,5,7,12,17H,2,4,6,8-10H2,(H2,16,19)(H,18,20). The molecule has 1 unspecified atom stereocenters. The van der Waals surface area contributed by atoms with Gasteiger partial charge in [-0.25, -0.2) is 0 Å². The second kappa shape index (κ2) is 7.64. The number of piperidine rings is 1. The van der Waals surface area contributed by atoms with Gasteiger partial charge in [0.25, 0.3) is 5.91 Å². The molecule has 1 atom stereocenters. The zero-order valence-corrected chi connectivity index (χ0v) is 11.9. The van der Waals surface area contributed by atoms with E-state index >= 15 is 0 Å². The lowest BCUT2D eigenvalue weighted by Crippen LogP contribution is -2.40. The summed E-state index contributed by atoms with van der Waals surface area (Å²) in [6.07, 6.45) is 1.97. The molecular weight excluding hydrogens is 270 g/mol. The molecule has 0 radical (unpaired) electrons. The average Bonchev–Trinajstić information content (AvgIpc) is 2.52. The summed E-state index contributed by atoms with van der Waals surface area (Å²) in [5, 5.41) is 6.16. The number of carbonyl (C=O) groups excluding carboxylic acids is 2. The molecule has 0 aromatic heterocycles. The first-order valence-corrected chi connectivity index (χ1v) is 7.13. The van der Waals surface area contributed by atoms with Crippen LogP contribution in [0.25, 0.3) is 0 Å². The minimum atomic E-state index is -0.515. The van der Waals surface area contributed by atoms with Gasteiger partial charge in [0.15, 0.2) is 6.61 Å². The van der Waals surface area contributed by atoms with Gasteiger partial charge in [0, 0.05) is 13.1 Å². The molecule has 1 aromatic rings. The van der Waals surface area contributed by atoms with E-state index in [0.29, 0.717) is 12.3 Å². The van der Waals surface area contributed by atoms with Crippen molar-refractivity contribution in [2.75, 3.05) is 19.7 Å². The molecule has 1 heterocycles. The van der Waals surface area contributed by atoms with Gasteiger partial charge in [-0.15, -0.1) is 0 Å². The van der Waals surface area contributed by atoms with Gasteiger partial charge in [-0.1, -0.05) is 12.1 Å². The number of rotatable bonds is 6. The van der Waals surface area contributed by atoms with E-state index in [9.17, 15) is 9.59 Å². The molecule has 114 valence electrons. The van der Waals surface area contributed by atoms with E-state index in [2.05, 4.69) is 10.6 Å². The van der Waals surface area contributed by atoms with Crippen LogP contribution in [-0.4, -0.2) is 31.5 Å². The molecule has 1 aromatic carbocycles. The molecule has 4 N–H and O–H groups in total. The third-order valence-corrected chi connectivity index (χ3v) is 3.41. The van der Waals surface area contributed by atoms with Crippen molar-refractivity contribution in [2.45, 2.75) is 19.4 Å². The Morgan fingerprint density at radius 3 is 3.00 bits per heavy atom. The zero-order chi connectivity index (χ0) is 15.1. The zero-order valence-electron chi connectivity index (χ0n) is 11.9. The smallest absolute Gasteiger partial charge is 0.255 e. The van der Waals surface area contributed by atoms with Crippen molar-refractivity contribution in [1.82, 2.24) is 10.6 Å². The third kappa shape index (κ3) is 5.07. The Bertz CT molecular complexity index is 499. The highest BCUT2D eigenvalue weighted by atomic mass is 16.5. The quantitative estimate of drug-likeness (QED) is 0.696. The molecule has 21 heavy (non-hydrogen) atoms. The molecule has 2 amide bonds. The third-order valence-electron chi connectivity index (χ3n) is 3.41. The van der Waals surface area contributed by atoms with Gasteiger partial charge in [0.2, 0.25) is 5.91 Å². The SMILES string of the molecule is NC(=O)COc1cccc(CNC(=O)C2CCCNC2)c1. The number of benzene rings is 1. The largest absolute Gasteiger partial charge is 0.484 e. The number of hydrogen-bond donors (Lipinski definition) is 3.